The van der Waals surface area contributed by atoms with E-state index in [2.05, 4.69) is 5.32 Å². The summed E-state index contributed by atoms with van der Waals surface area (Å²) in [4.78, 5) is 13.1. The van der Waals surface area contributed by atoms with Gasteiger partial charge in [-0.15, -0.1) is 11.8 Å². The van der Waals surface area contributed by atoms with Gasteiger partial charge >= 0.3 is 0 Å². The van der Waals surface area contributed by atoms with Crippen LogP contribution in [0, 0.1) is 5.82 Å². The summed E-state index contributed by atoms with van der Waals surface area (Å²) in [5, 5.41) is 2.70. The standard InChI is InChI=1S/C18H20FNO3S/c1-12(2)23-17-8-7-13(19)9-16(17)20-18(21)11-24-15-6-4-5-14(10-15)22-3/h4-10,12H,11H2,1-3H3,(H,20,21). The Bertz CT molecular complexity index is 706. The Hall–Kier alpha value is -2.21. The van der Waals surface area contributed by atoms with Crippen LogP contribution >= 0.6 is 11.8 Å². The average molecular weight is 349 g/mol. The number of nitrogens with one attached hydrogen (secondary N) is 1. The van der Waals surface area contributed by atoms with E-state index in [1.807, 2.05) is 38.1 Å². The number of thioether (sulfide) groups is 1. The number of methoxy groups -OCH3 is 1. The lowest BCUT2D eigenvalue weighted by atomic mass is 10.2. The molecule has 128 valence electrons. The van der Waals surface area contributed by atoms with Crippen molar-refractivity contribution in [3.8, 4) is 11.5 Å². The smallest absolute Gasteiger partial charge is 0.234 e. The summed E-state index contributed by atoms with van der Waals surface area (Å²) >= 11 is 1.37. The Morgan fingerprint density at radius 3 is 2.75 bits per heavy atom. The molecule has 24 heavy (non-hydrogen) atoms. The summed E-state index contributed by atoms with van der Waals surface area (Å²) in [7, 11) is 1.59. The number of ether oxygens (including phenoxy) is 2. The van der Waals surface area contributed by atoms with Crippen LogP contribution in [0.3, 0.4) is 0 Å². The molecular weight excluding hydrogens is 329 g/mol. The number of halogens is 1. The SMILES string of the molecule is COc1cccc(SCC(=O)Nc2cc(F)ccc2OC(C)C)c1. The Morgan fingerprint density at radius 2 is 2.04 bits per heavy atom. The van der Waals surface area contributed by atoms with Gasteiger partial charge in [-0.3, -0.25) is 4.79 Å². The van der Waals surface area contributed by atoms with E-state index in [-0.39, 0.29) is 17.8 Å². The van der Waals surface area contributed by atoms with Crippen LogP contribution in [0.4, 0.5) is 10.1 Å². The monoisotopic (exact) mass is 349 g/mol. The minimum Gasteiger partial charge on any atom is -0.497 e. The molecule has 0 heterocycles. The van der Waals surface area contributed by atoms with Crippen molar-refractivity contribution in [1.29, 1.82) is 0 Å². The van der Waals surface area contributed by atoms with E-state index in [0.29, 0.717) is 11.4 Å². The van der Waals surface area contributed by atoms with Crippen molar-refractivity contribution >= 4 is 23.4 Å². The van der Waals surface area contributed by atoms with Crippen molar-refractivity contribution in [1.82, 2.24) is 0 Å². The van der Waals surface area contributed by atoms with E-state index >= 15 is 0 Å². The first kappa shape index (κ1) is 18.1. The van der Waals surface area contributed by atoms with E-state index in [1.165, 1.54) is 30.0 Å². The molecule has 0 saturated heterocycles. The van der Waals surface area contributed by atoms with Crippen LogP contribution in [0.2, 0.25) is 0 Å². The second-order valence-corrected chi connectivity index (χ2v) is 6.37. The number of carbonyl (C=O) groups excluding carboxylic acids is 1. The zero-order chi connectivity index (χ0) is 17.5. The van der Waals surface area contributed by atoms with E-state index < -0.39 is 5.82 Å². The quantitative estimate of drug-likeness (QED) is 0.755. The first-order valence-corrected chi connectivity index (χ1v) is 8.49. The maximum atomic E-state index is 13.4. The highest BCUT2D eigenvalue weighted by Crippen LogP contribution is 2.27. The number of anilines is 1. The van der Waals surface area contributed by atoms with Gasteiger partial charge in [-0.2, -0.15) is 0 Å². The molecule has 0 atom stereocenters. The Kier molecular flexibility index (Phi) is 6.49. The molecule has 0 saturated carbocycles. The summed E-state index contributed by atoms with van der Waals surface area (Å²) in [6.45, 7) is 3.74. The molecule has 1 N–H and O–H groups in total. The zero-order valence-electron chi connectivity index (χ0n) is 13.8. The van der Waals surface area contributed by atoms with Gasteiger partial charge in [-0.1, -0.05) is 6.07 Å². The topological polar surface area (TPSA) is 47.6 Å². The summed E-state index contributed by atoms with van der Waals surface area (Å²) in [6, 6.07) is 11.5. The lowest BCUT2D eigenvalue weighted by Gasteiger charge is -2.15. The van der Waals surface area contributed by atoms with E-state index in [4.69, 9.17) is 9.47 Å². The van der Waals surface area contributed by atoms with Crippen molar-refractivity contribution in [2.45, 2.75) is 24.8 Å². The maximum absolute atomic E-state index is 13.4. The minimum atomic E-state index is -0.429. The minimum absolute atomic E-state index is 0.0720. The highest BCUT2D eigenvalue weighted by Gasteiger charge is 2.11. The van der Waals surface area contributed by atoms with Gasteiger partial charge in [0.1, 0.15) is 17.3 Å². The molecule has 0 radical (unpaired) electrons. The number of carbonyl (C=O) groups is 1. The molecule has 0 aromatic heterocycles. The molecule has 0 aliphatic heterocycles. The summed E-state index contributed by atoms with van der Waals surface area (Å²) in [5.74, 6) is 0.721. The fourth-order valence-electron chi connectivity index (χ4n) is 1.98. The van der Waals surface area contributed by atoms with Gasteiger partial charge in [0, 0.05) is 11.0 Å². The molecule has 4 nitrogen and oxygen atoms in total. The van der Waals surface area contributed by atoms with Crippen molar-refractivity contribution in [2.24, 2.45) is 0 Å². The van der Waals surface area contributed by atoms with E-state index in [9.17, 15) is 9.18 Å². The molecule has 0 unspecified atom stereocenters. The number of rotatable bonds is 7. The van der Waals surface area contributed by atoms with Gasteiger partial charge in [0.25, 0.3) is 0 Å². The number of hydrogen-bond acceptors (Lipinski definition) is 4. The highest BCUT2D eigenvalue weighted by molar-refractivity contribution is 8.00. The van der Waals surface area contributed by atoms with Crippen LogP contribution in [0.1, 0.15) is 13.8 Å². The average Bonchev–Trinajstić information content (AvgIpc) is 2.55. The summed E-state index contributed by atoms with van der Waals surface area (Å²) in [6.07, 6.45) is -0.0720. The third-order valence-electron chi connectivity index (χ3n) is 2.99. The van der Waals surface area contributed by atoms with E-state index in [1.54, 1.807) is 7.11 Å². The molecule has 6 heteroatoms. The largest absolute Gasteiger partial charge is 0.497 e. The number of benzene rings is 2. The number of amides is 1. The second kappa shape index (κ2) is 8.59. The molecule has 0 bridgehead atoms. The summed E-state index contributed by atoms with van der Waals surface area (Å²) in [5.41, 5.74) is 0.333. The van der Waals surface area contributed by atoms with Gasteiger partial charge < -0.3 is 14.8 Å². The zero-order valence-corrected chi connectivity index (χ0v) is 14.7. The van der Waals surface area contributed by atoms with Gasteiger partial charge in [0.05, 0.1) is 24.7 Å². The fourth-order valence-corrected chi connectivity index (χ4v) is 2.73. The number of hydrogen-bond donors (Lipinski definition) is 1. The fraction of sp³-hybridized carbons (Fsp3) is 0.278. The van der Waals surface area contributed by atoms with Crippen LogP contribution in [-0.2, 0) is 4.79 Å². The first-order chi connectivity index (χ1) is 11.5. The molecule has 2 rings (SSSR count). The van der Waals surface area contributed by atoms with Gasteiger partial charge in [-0.25, -0.2) is 4.39 Å². The maximum Gasteiger partial charge on any atom is 0.234 e. The van der Waals surface area contributed by atoms with Crippen molar-refractivity contribution in [3.63, 3.8) is 0 Å². The molecular formula is C18H20FNO3S. The van der Waals surface area contributed by atoms with Gasteiger partial charge in [-0.05, 0) is 44.2 Å². The summed E-state index contributed by atoms with van der Waals surface area (Å²) < 4.78 is 24.2. The molecule has 2 aromatic carbocycles. The van der Waals surface area contributed by atoms with Crippen LogP contribution in [0.5, 0.6) is 11.5 Å². The lowest BCUT2D eigenvalue weighted by molar-refractivity contribution is -0.113. The Labute approximate surface area is 145 Å². The molecule has 0 aliphatic carbocycles. The third kappa shape index (κ3) is 5.45. The predicted octanol–water partition coefficient (Wildman–Crippen LogP) is 4.35. The molecule has 0 fully saturated rings. The Morgan fingerprint density at radius 1 is 1.25 bits per heavy atom. The van der Waals surface area contributed by atoms with Crippen molar-refractivity contribution in [2.75, 3.05) is 18.2 Å². The molecule has 2 aromatic rings. The van der Waals surface area contributed by atoms with Crippen molar-refractivity contribution < 1.29 is 18.7 Å². The molecule has 0 spiro atoms. The lowest BCUT2D eigenvalue weighted by Crippen LogP contribution is -2.16. The second-order valence-electron chi connectivity index (χ2n) is 5.32. The highest BCUT2D eigenvalue weighted by atomic mass is 32.2. The Balaban J connectivity index is 2.00. The van der Waals surface area contributed by atoms with Crippen LogP contribution < -0.4 is 14.8 Å². The predicted molar refractivity (Wildman–Crippen MR) is 94.5 cm³/mol. The molecule has 0 aliphatic rings. The van der Waals surface area contributed by atoms with Crippen molar-refractivity contribution in [3.05, 3.63) is 48.3 Å². The van der Waals surface area contributed by atoms with Gasteiger partial charge in [0.2, 0.25) is 5.91 Å². The van der Waals surface area contributed by atoms with Crippen LogP contribution in [0.25, 0.3) is 0 Å². The normalized spacial score (nSPS) is 10.5. The van der Waals surface area contributed by atoms with Crippen LogP contribution in [0.15, 0.2) is 47.4 Å². The first-order valence-electron chi connectivity index (χ1n) is 7.51. The van der Waals surface area contributed by atoms with Gasteiger partial charge in [0.15, 0.2) is 0 Å². The molecule has 1 amide bonds. The van der Waals surface area contributed by atoms with E-state index in [0.717, 1.165) is 10.6 Å². The van der Waals surface area contributed by atoms with Crippen LogP contribution in [-0.4, -0.2) is 24.9 Å². The third-order valence-corrected chi connectivity index (χ3v) is 3.98.